The molecule has 0 N–H and O–H groups in total. The highest BCUT2D eigenvalue weighted by atomic mass is 127. The molecule has 0 aromatic heterocycles. The summed E-state index contributed by atoms with van der Waals surface area (Å²) in [6.45, 7) is 2.08. The predicted molar refractivity (Wildman–Crippen MR) is 77.9 cm³/mol. The van der Waals surface area contributed by atoms with E-state index in [0.717, 1.165) is 3.57 Å². The number of Topliss-reactive ketones (excluding diaryl/α,β-unsaturated/α-hetero) is 1. The standard InChI is InChI=1S/C12H12BrIO3/c1-2-17-12(16)9-7-8(3-4-10(9)14)11(15)5-6-13/h3-4,7H,2,5-6H2,1H3. The average molecular weight is 411 g/mol. The minimum Gasteiger partial charge on any atom is -0.462 e. The number of hydrogen-bond donors (Lipinski definition) is 0. The van der Waals surface area contributed by atoms with Gasteiger partial charge in [-0.2, -0.15) is 0 Å². The smallest absolute Gasteiger partial charge is 0.339 e. The van der Waals surface area contributed by atoms with Crippen LogP contribution >= 0.6 is 38.5 Å². The molecule has 0 radical (unpaired) electrons. The molecule has 0 amide bonds. The molecule has 0 aliphatic carbocycles. The number of benzene rings is 1. The third kappa shape index (κ3) is 4.06. The van der Waals surface area contributed by atoms with Crippen molar-refractivity contribution in [2.75, 3.05) is 11.9 Å². The first-order valence-corrected chi connectivity index (χ1v) is 7.36. The minimum atomic E-state index is -0.384. The van der Waals surface area contributed by atoms with Crippen LogP contribution in [0.1, 0.15) is 34.1 Å². The number of carbonyl (C=O) groups excluding carboxylic acids is 2. The van der Waals surface area contributed by atoms with E-state index in [1.807, 2.05) is 0 Å². The topological polar surface area (TPSA) is 43.4 Å². The molecule has 5 heteroatoms. The van der Waals surface area contributed by atoms with Gasteiger partial charge >= 0.3 is 5.97 Å². The third-order valence-electron chi connectivity index (χ3n) is 2.11. The Morgan fingerprint density at radius 2 is 2.12 bits per heavy atom. The quantitative estimate of drug-likeness (QED) is 0.323. The van der Waals surface area contributed by atoms with Gasteiger partial charge in [0.25, 0.3) is 0 Å². The van der Waals surface area contributed by atoms with E-state index in [2.05, 4.69) is 38.5 Å². The monoisotopic (exact) mass is 410 g/mol. The molecule has 0 fully saturated rings. The first-order chi connectivity index (χ1) is 8.10. The zero-order valence-electron chi connectivity index (χ0n) is 9.33. The van der Waals surface area contributed by atoms with Crippen LogP contribution in [0, 0.1) is 3.57 Å². The number of rotatable bonds is 5. The Morgan fingerprint density at radius 3 is 2.71 bits per heavy atom. The number of hydrogen-bond acceptors (Lipinski definition) is 3. The van der Waals surface area contributed by atoms with Gasteiger partial charge in [0, 0.05) is 20.9 Å². The van der Waals surface area contributed by atoms with Crippen LogP contribution < -0.4 is 0 Å². The summed E-state index contributed by atoms with van der Waals surface area (Å²) in [4.78, 5) is 23.4. The second-order valence-corrected chi connectivity index (χ2v) is 5.23. The molecule has 0 heterocycles. The molecule has 92 valence electrons. The lowest BCUT2D eigenvalue weighted by atomic mass is 10.1. The van der Waals surface area contributed by atoms with Crippen LogP contribution in [-0.2, 0) is 4.74 Å². The second-order valence-electron chi connectivity index (χ2n) is 3.28. The first kappa shape index (κ1) is 14.6. The molecule has 1 rings (SSSR count). The number of alkyl halides is 1. The van der Waals surface area contributed by atoms with E-state index in [1.165, 1.54) is 0 Å². The zero-order chi connectivity index (χ0) is 12.8. The summed E-state index contributed by atoms with van der Waals surface area (Å²) in [5, 5.41) is 0.618. The van der Waals surface area contributed by atoms with Crippen LogP contribution in [0.3, 0.4) is 0 Å². The van der Waals surface area contributed by atoms with Crippen LogP contribution in [-0.4, -0.2) is 23.7 Å². The molecular formula is C12H12BrIO3. The Labute approximate surface area is 122 Å². The lowest BCUT2D eigenvalue weighted by Crippen LogP contribution is -2.09. The summed E-state index contributed by atoms with van der Waals surface area (Å²) in [7, 11) is 0. The largest absolute Gasteiger partial charge is 0.462 e. The van der Waals surface area contributed by atoms with Crippen molar-refractivity contribution in [2.24, 2.45) is 0 Å². The Bertz CT molecular complexity index is 432. The van der Waals surface area contributed by atoms with Crippen molar-refractivity contribution in [1.29, 1.82) is 0 Å². The van der Waals surface area contributed by atoms with E-state index in [1.54, 1.807) is 25.1 Å². The zero-order valence-corrected chi connectivity index (χ0v) is 13.1. The number of halogens is 2. The summed E-state index contributed by atoms with van der Waals surface area (Å²) in [6, 6.07) is 5.09. The molecule has 3 nitrogen and oxygen atoms in total. The molecule has 0 aliphatic rings. The van der Waals surface area contributed by atoms with E-state index < -0.39 is 0 Å². The predicted octanol–water partition coefficient (Wildman–Crippen LogP) is 3.44. The fourth-order valence-corrected chi connectivity index (χ4v) is 2.21. The summed E-state index contributed by atoms with van der Waals surface area (Å²) in [5.41, 5.74) is 1.00. The van der Waals surface area contributed by atoms with Crippen LogP contribution in [0.4, 0.5) is 0 Å². The van der Waals surface area contributed by atoms with Crippen molar-refractivity contribution in [1.82, 2.24) is 0 Å². The van der Waals surface area contributed by atoms with Gasteiger partial charge in [0.05, 0.1) is 12.2 Å². The minimum absolute atomic E-state index is 0.0174. The molecular weight excluding hydrogens is 399 g/mol. The summed E-state index contributed by atoms with van der Waals surface area (Å²) in [6.07, 6.45) is 0.420. The fourth-order valence-electron chi connectivity index (χ4n) is 1.29. The molecule has 0 bridgehead atoms. The summed E-state index contributed by atoms with van der Waals surface area (Å²) < 4.78 is 5.73. The fraction of sp³-hybridized carbons (Fsp3) is 0.333. The third-order valence-corrected chi connectivity index (χ3v) is 3.44. The van der Waals surface area contributed by atoms with Gasteiger partial charge in [0.1, 0.15) is 0 Å². The van der Waals surface area contributed by atoms with Crippen molar-refractivity contribution in [2.45, 2.75) is 13.3 Å². The van der Waals surface area contributed by atoms with Crippen LogP contribution in [0.15, 0.2) is 18.2 Å². The number of ketones is 1. The lowest BCUT2D eigenvalue weighted by molar-refractivity contribution is 0.0525. The van der Waals surface area contributed by atoms with E-state index >= 15 is 0 Å². The molecule has 0 spiro atoms. The van der Waals surface area contributed by atoms with Crippen LogP contribution in [0.2, 0.25) is 0 Å². The number of carbonyl (C=O) groups is 2. The molecule has 0 aliphatic heterocycles. The Balaban J connectivity index is 3.02. The molecule has 0 unspecified atom stereocenters. The van der Waals surface area contributed by atoms with Gasteiger partial charge in [-0.25, -0.2) is 4.79 Å². The van der Waals surface area contributed by atoms with E-state index in [-0.39, 0.29) is 11.8 Å². The van der Waals surface area contributed by atoms with Gasteiger partial charge in [-0.3, -0.25) is 4.79 Å². The van der Waals surface area contributed by atoms with E-state index in [9.17, 15) is 9.59 Å². The maximum absolute atomic E-state index is 11.7. The summed E-state index contributed by atoms with van der Waals surface area (Å²) >= 11 is 5.28. The van der Waals surface area contributed by atoms with Gasteiger partial charge in [0.15, 0.2) is 5.78 Å². The van der Waals surface area contributed by atoms with Crippen molar-refractivity contribution >= 4 is 50.3 Å². The lowest BCUT2D eigenvalue weighted by Gasteiger charge is -2.06. The average Bonchev–Trinajstić information content (AvgIpc) is 2.30. The first-order valence-electron chi connectivity index (χ1n) is 5.16. The van der Waals surface area contributed by atoms with Crippen LogP contribution in [0.5, 0.6) is 0 Å². The molecule has 1 aromatic rings. The Kier molecular flexibility index (Phi) is 6.11. The van der Waals surface area contributed by atoms with Crippen molar-refractivity contribution in [3.63, 3.8) is 0 Å². The Hall–Kier alpha value is -0.430. The molecule has 0 saturated heterocycles. The van der Waals surface area contributed by atoms with Crippen molar-refractivity contribution in [3.05, 3.63) is 32.9 Å². The molecule has 17 heavy (non-hydrogen) atoms. The number of ether oxygens (including phenoxy) is 1. The second kappa shape index (κ2) is 7.10. The number of esters is 1. The van der Waals surface area contributed by atoms with E-state index in [0.29, 0.717) is 29.5 Å². The highest BCUT2D eigenvalue weighted by Gasteiger charge is 2.14. The highest BCUT2D eigenvalue weighted by molar-refractivity contribution is 14.1. The highest BCUT2D eigenvalue weighted by Crippen LogP contribution is 2.17. The Morgan fingerprint density at radius 1 is 1.41 bits per heavy atom. The molecule has 1 aromatic carbocycles. The van der Waals surface area contributed by atoms with Crippen molar-refractivity contribution in [3.8, 4) is 0 Å². The van der Waals surface area contributed by atoms with Gasteiger partial charge < -0.3 is 4.74 Å². The van der Waals surface area contributed by atoms with Gasteiger partial charge in [-0.1, -0.05) is 22.0 Å². The molecule has 0 atom stereocenters. The SMILES string of the molecule is CCOC(=O)c1cc(C(=O)CCBr)ccc1I. The van der Waals surface area contributed by atoms with Crippen LogP contribution in [0.25, 0.3) is 0 Å². The maximum Gasteiger partial charge on any atom is 0.339 e. The normalized spacial score (nSPS) is 10.1. The van der Waals surface area contributed by atoms with Crippen molar-refractivity contribution < 1.29 is 14.3 Å². The van der Waals surface area contributed by atoms with Gasteiger partial charge in [-0.15, -0.1) is 0 Å². The summed E-state index contributed by atoms with van der Waals surface area (Å²) in [5.74, 6) is -0.366. The maximum atomic E-state index is 11.7. The van der Waals surface area contributed by atoms with Gasteiger partial charge in [-0.05, 0) is 41.6 Å². The van der Waals surface area contributed by atoms with Gasteiger partial charge in [0.2, 0.25) is 0 Å². The van der Waals surface area contributed by atoms with E-state index in [4.69, 9.17) is 4.74 Å². The molecule has 0 saturated carbocycles.